The van der Waals surface area contributed by atoms with E-state index in [2.05, 4.69) is 15.5 Å². The lowest BCUT2D eigenvalue weighted by Crippen LogP contribution is -2.21. The number of nitrogens with zero attached hydrogens (tertiary/aromatic N) is 2. The third kappa shape index (κ3) is 3.41. The highest BCUT2D eigenvalue weighted by Gasteiger charge is 2.22. The molecule has 1 aromatic heterocycles. The highest BCUT2D eigenvalue weighted by molar-refractivity contribution is 5.54. The van der Waals surface area contributed by atoms with Crippen LogP contribution in [0.15, 0.2) is 16.5 Å². The first-order valence-electron chi connectivity index (χ1n) is 6.78. The number of halogens is 3. The molecule has 0 fully saturated rings. The van der Waals surface area contributed by atoms with E-state index in [9.17, 15) is 13.2 Å². The molecule has 7 heteroatoms. The molecule has 0 aliphatic carbocycles. The Balaban J connectivity index is 2.31. The molecule has 0 radical (unpaired) electrons. The molecule has 1 aromatic carbocycles. The van der Waals surface area contributed by atoms with E-state index in [1.807, 2.05) is 13.8 Å². The van der Waals surface area contributed by atoms with Crippen molar-refractivity contribution in [3.05, 3.63) is 35.5 Å². The van der Waals surface area contributed by atoms with Crippen molar-refractivity contribution >= 4 is 0 Å². The van der Waals surface area contributed by atoms with Crippen LogP contribution in [0.4, 0.5) is 13.2 Å². The van der Waals surface area contributed by atoms with Crippen molar-refractivity contribution in [1.82, 2.24) is 15.5 Å². The molecule has 114 valence electrons. The van der Waals surface area contributed by atoms with Gasteiger partial charge in [-0.3, -0.25) is 0 Å². The van der Waals surface area contributed by atoms with Crippen molar-refractivity contribution in [1.29, 1.82) is 0 Å². The summed E-state index contributed by atoms with van der Waals surface area (Å²) < 4.78 is 45.6. The van der Waals surface area contributed by atoms with Gasteiger partial charge in [-0.05, 0) is 19.4 Å². The van der Waals surface area contributed by atoms with Gasteiger partial charge in [-0.1, -0.05) is 13.8 Å². The summed E-state index contributed by atoms with van der Waals surface area (Å²) in [6.07, 6.45) is 1.62. The summed E-state index contributed by atoms with van der Waals surface area (Å²) in [6.45, 7) is 4.70. The normalized spacial score (nSPS) is 12.6. The first-order valence-corrected chi connectivity index (χ1v) is 6.78. The van der Waals surface area contributed by atoms with Crippen molar-refractivity contribution in [2.24, 2.45) is 0 Å². The van der Waals surface area contributed by atoms with E-state index in [1.165, 1.54) is 0 Å². The fraction of sp³-hybridized carbons (Fsp3) is 0.429. The molecule has 4 nitrogen and oxygen atoms in total. The van der Waals surface area contributed by atoms with Gasteiger partial charge in [-0.2, -0.15) is 0 Å². The molecule has 1 unspecified atom stereocenters. The summed E-state index contributed by atoms with van der Waals surface area (Å²) in [7, 11) is 0. The van der Waals surface area contributed by atoms with Crippen molar-refractivity contribution in [3.63, 3.8) is 0 Å². The summed E-state index contributed by atoms with van der Waals surface area (Å²) in [6, 6.07) is 0.974. The second-order valence-corrected chi connectivity index (χ2v) is 4.60. The van der Waals surface area contributed by atoms with Crippen molar-refractivity contribution in [3.8, 4) is 11.5 Å². The molecular formula is C14H16F3N3O. The van der Waals surface area contributed by atoms with Gasteiger partial charge in [-0.25, -0.2) is 13.2 Å². The van der Waals surface area contributed by atoms with E-state index >= 15 is 0 Å². The molecule has 0 saturated heterocycles. The van der Waals surface area contributed by atoms with Crippen molar-refractivity contribution in [2.45, 2.75) is 32.7 Å². The number of aromatic nitrogens is 2. The van der Waals surface area contributed by atoms with Crippen LogP contribution in [0, 0.1) is 17.5 Å². The number of nitrogens with one attached hydrogen (secondary N) is 1. The quantitative estimate of drug-likeness (QED) is 0.885. The fourth-order valence-corrected chi connectivity index (χ4v) is 1.95. The van der Waals surface area contributed by atoms with Crippen LogP contribution in [0.1, 0.15) is 38.6 Å². The predicted molar refractivity (Wildman–Crippen MR) is 70.9 cm³/mol. The maximum Gasteiger partial charge on any atom is 0.253 e. The average molecular weight is 299 g/mol. The summed E-state index contributed by atoms with van der Waals surface area (Å²) in [5.74, 6) is -3.18. The Morgan fingerprint density at radius 2 is 1.81 bits per heavy atom. The average Bonchev–Trinajstić information content (AvgIpc) is 2.88. The van der Waals surface area contributed by atoms with Gasteiger partial charge in [0.05, 0.1) is 6.04 Å². The first-order chi connectivity index (χ1) is 10.1. The van der Waals surface area contributed by atoms with Gasteiger partial charge in [-0.15, -0.1) is 10.2 Å². The number of benzene rings is 1. The van der Waals surface area contributed by atoms with E-state index < -0.39 is 23.0 Å². The smallest absolute Gasteiger partial charge is 0.253 e. The minimum Gasteiger partial charge on any atom is -0.419 e. The van der Waals surface area contributed by atoms with E-state index in [4.69, 9.17) is 4.42 Å². The maximum atomic E-state index is 13.7. The lowest BCUT2D eigenvalue weighted by molar-refractivity contribution is 0.394. The molecular weight excluding hydrogens is 283 g/mol. The molecule has 1 heterocycles. The summed E-state index contributed by atoms with van der Waals surface area (Å²) >= 11 is 0. The van der Waals surface area contributed by atoms with Gasteiger partial charge >= 0.3 is 0 Å². The molecule has 1 N–H and O–H groups in total. The highest BCUT2D eigenvalue weighted by atomic mass is 19.1. The van der Waals surface area contributed by atoms with Crippen LogP contribution in [0.2, 0.25) is 0 Å². The Bertz CT molecular complexity index is 592. The molecule has 0 aliphatic rings. The predicted octanol–water partition coefficient (Wildman–Crippen LogP) is 3.60. The molecule has 21 heavy (non-hydrogen) atoms. The molecule has 2 aromatic rings. The standard InChI is InChI=1S/C14H16F3N3O/c1-3-5-18-11(4-2)13-19-20-14(21-13)12-9(16)6-8(15)7-10(12)17/h6-7,11,18H,3-5H2,1-2H3. The SMILES string of the molecule is CCCNC(CC)c1nnc(-c2c(F)cc(F)cc2F)o1. The van der Waals surface area contributed by atoms with Crippen LogP contribution in [0.25, 0.3) is 11.5 Å². The zero-order valence-electron chi connectivity index (χ0n) is 11.8. The van der Waals surface area contributed by atoms with Gasteiger partial charge in [0.25, 0.3) is 5.89 Å². The first kappa shape index (κ1) is 15.5. The summed E-state index contributed by atoms with van der Waals surface area (Å²) in [5, 5.41) is 10.7. The number of hydrogen-bond acceptors (Lipinski definition) is 4. The third-order valence-corrected chi connectivity index (χ3v) is 3.01. The Morgan fingerprint density at radius 3 is 2.38 bits per heavy atom. The Kier molecular flexibility index (Phi) is 4.95. The zero-order chi connectivity index (χ0) is 15.4. The van der Waals surface area contributed by atoms with Crippen LogP contribution in [0.5, 0.6) is 0 Å². The van der Waals surface area contributed by atoms with Crippen LogP contribution in [-0.2, 0) is 0 Å². The largest absolute Gasteiger partial charge is 0.419 e. The van der Waals surface area contributed by atoms with Crippen LogP contribution in [0.3, 0.4) is 0 Å². The van der Waals surface area contributed by atoms with E-state index in [1.54, 1.807) is 0 Å². The summed E-state index contributed by atoms with van der Waals surface area (Å²) in [4.78, 5) is 0. The molecule has 0 spiro atoms. The molecule has 0 bridgehead atoms. The Morgan fingerprint density at radius 1 is 1.14 bits per heavy atom. The van der Waals surface area contributed by atoms with Crippen LogP contribution >= 0.6 is 0 Å². The maximum absolute atomic E-state index is 13.7. The minimum atomic E-state index is -1.07. The second kappa shape index (κ2) is 6.71. The number of hydrogen-bond donors (Lipinski definition) is 1. The summed E-state index contributed by atoms with van der Waals surface area (Å²) in [5.41, 5.74) is -0.513. The van der Waals surface area contributed by atoms with Gasteiger partial charge in [0.15, 0.2) is 0 Å². The minimum absolute atomic E-state index is 0.183. The van der Waals surface area contributed by atoms with Gasteiger partial charge in [0, 0.05) is 12.1 Å². The monoisotopic (exact) mass is 299 g/mol. The molecule has 1 atom stereocenters. The molecule has 0 amide bonds. The van der Waals surface area contributed by atoms with Crippen LogP contribution < -0.4 is 5.32 Å². The van der Waals surface area contributed by atoms with E-state index in [-0.39, 0.29) is 17.8 Å². The number of rotatable bonds is 6. The third-order valence-electron chi connectivity index (χ3n) is 3.01. The topological polar surface area (TPSA) is 51.0 Å². The van der Waals surface area contributed by atoms with Crippen molar-refractivity contribution < 1.29 is 17.6 Å². The van der Waals surface area contributed by atoms with E-state index in [0.29, 0.717) is 18.6 Å². The Labute approximate surface area is 120 Å². The van der Waals surface area contributed by atoms with E-state index in [0.717, 1.165) is 13.0 Å². The van der Waals surface area contributed by atoms with Gasteiger partial charge < -0.3 is 9.73 Å². The van der Waals surface area contributed by atoms with Gasteiger partial charge in [0.2, 0.25) is 5.89 Å². The molecule has 2 rings (SSSR count). The zero-order valence-corrected chi connectivity index (χ0v) is 11.8. The van der Waals surface area contributed by atoms with Crippen molar-refractivity contribution in [2.75, 3.05) is 6.54 Å². The lowest BCUT2D eigenvalue weighted by atomic mass is 10.2. The van der Waals surface area contributed by atoms with Gasteiger partial charge in [0.1, 0.15) is 23.0 Å². The lowest BCUT2D eigenvalue weighted by Gasteiger charge is -2.11. The Hall–Kier alpha value is -1.89. The molecule has 0 aliphatic heterocycles. The highest BCUT2D eigenvalue weighted by Crippen LogP contribution is 2.27. The molecule has 0 saturated carbocycles. The fourth-order valence-electron chi connectivity index (χ4n) is 1.95. The second-order valence-electron chi connectivity index (χ2n) is 4.60. The van der Waals surface area contributed by atoms with Crippen LogP contribution in [-0.4, -0.2) is 16.7 Å².